The predicted octanol–water partition coefficient (Wildman–Crippen LogP) is 3.66. The van der Waals surface area contributed by atoms with Gasteiger partial charge in [-0.15, -0.1) is 24.0 Å². The summed E-state index contributed by atoms with van der Waals surface area (Å²) in [5, 5.41) is 3.58. The van der Waals surface area contributed by atoms with E-state index in [0.29, 0.717) is 4.75 Å². The first kappa shape index (κ1) is 21.6. The number of guanidine groups is 1. The molecule has 2 saturated heterocycles. The van der Waals surface area contributed by atoms with Gasteiger partial charge in [0.2, 0.25) is 0 Å². The van der Waals surface area contributed by atoms with Crippen LogP contribution in [-0.2, 0) is 0 Å². The summed E-state index contributed by atoms with van der Waals surface area (Å²) in [5.41, 5.74) is 0. The number of hydrogen-bond donors (Lipinski definition) is 1. The van der Waals surface area contributed by atoms with Crippen LogP contribution in [0.3, 0.4) is 0 Å². The molecule has 3 fully saturated rings. The van der Waals surface area contributed by atoms with Crippen LogP contribution < -0.4 is 5.32 Å². The largest absolute Gasteiger partial charge is 0.357 e. The molecule has 1 N–H and O–H groups in total. The van der Waals surface area contributed by atoms with Gasteiger partial charge in [0.05, 0.1) is 0 Å². The number of thioether (sulfide) groups is 1. The molecule has 0 aromatic heterocycles. The normalized spacial score (nSPS) is 27.4. The van der Waals surface area contributed by atoms with Crippen LogP contribution in [0.25, 0.3) is 0 Å². The Labute approximate surface area is 176 Å². The van der Waals surface area contributed by atoms with Crippen molar-refractivity contribution < 1.29 is 0 Å². The molecule has 1 saturated carbocycles. The van der Waals surface area contributed by atoms with E-state index >= 15 is 0 Å². The van der Waals surface area contributed by atoms with Gasteiger partial charge >= 0.3 is 0 Å². The van der Waals surface area contributed by atoms with Gasteiger partial charge in [-0.3, -0.25) is 4.99 Å². The van der Waals surface area contributed by atoms with Crippen LogP contribution in [0.5, 0.6) is 0 Å². The Balaban J connectivity index is 0.00000225. The van der Waals surface area contributed by atoms with Gasteiger partial charge in [-0.1, -0.05) is 26.2 Å². The van der Waals surface area contributed by atoms with Crippen molar-refractivity contribution in [1.29, 1.82) is 0 Å². The number of aliphatic imine (C=N–C) groups is 1. The maximum absolute atomic E-state index is 5.06. The van der Waals surface area contributed by atoms with E-state index in [4.69, 9.17) is 4.99 Å². The first-order chi connectivity index (χ1) is 11.7. The van der Waals surface area contributed by atoms with E-state index in [0.717, 1.165) is 25.6 Å². The van der Waals surface area contributed by atoms with Crippen molar-refractivity contribution in [3.8, 4) is 0 Å². The Kier molecular flexibility index (Phi) is 9.16. The highest BCUT2D eigenvalue weighted by Gasteiger charge is 2.38. The lowest BCUT2D eigenvalue weighted by Gasteiger charge is -2.45. The lowest BCUT2D eigenvalue weighted by atomic mass is 9.87. The van der Waals surface area contributed by atoms with Gasteiger partial charge in [0.15, 0.2) is 5.96 Å². The van der Waals surface area contributed by atoms with E-state index in [2.05, 4.69) is 40.7 Å². The summed E-state index contributed by atoms with van der Waals surface area (Å²) in [6.07, 6.45) is 8.40. The Morgan fingerprint density at radius 1 is 1.20 bits per heavy atom. The van der Waals surface area contributed by atoms with Gasteiger partial charge in [0, 0.05) is 43.2 Å². The maximum Gasteiger partial charge on any atom is 0.193 e. The maximum atomic E-state index is 5.06. The van der Waals surface area contributed by atoms with Crippen LogP contribution in [0.4, 0.5) is 0 Å². The third-order valence-electron chi connectivity index (χ3n) is 5.96. The van der Waals surface area contributed by atoms with Crippen molar-refractivity contribution in [2.75, 3.05) is 51.6 Å². The molecule has 2 aliphatic heterocycles. The minimum absolute atomic E-state index is 0. The van der Waals surface area contributed by atoms with E-state index in [1.54, 1.807) is 0 Å². The quantitative estimate of drug-likeness (QED) is 0.378. The van der Waals surface area contributed by atoms with Gasteiger partial charge in [0.1, 0.15) is 0 Å². The molecule has 3 aliphatic rings. The minimum atomic E-state index is 0. The molecule has 0 aromatic rings. The van der Waals surface area contributed by atoms with Crippen LogP contribution in [0.2, 0.25) is 0 Å². The molecule has 1 unspecified atom stereocenters. The van der Waals surface area contributed by atoms with Crippen LogP contribution in [0, 0.1) is 5.92 Å². The topological polar surface area (TPSA) is 30.9 Å². The molecule has 0 bridgehead atoms. The number of likely N-dealkylation sites (tertiary alicyclic amines) is 1. The van der Waals surface area contributed by atoms with Crippen LogP contribution in [0.1, 0.15) is 52.4 Å². The average Bonchev–Trinajstić information content (AvgIpc) is 3.07. The Morgan fingerprint density at radius 3 is 2.68 bits per heavy atom. The highest BCUT2D eigenvalue weighted by Crippen LogP contribution is 2.42. The highest BCUT2D eigenvalue weighted by molar-refractivity contribution is 14.0. The van der Waals surface area contributed by atoms with E-state index in [1.807, 2.05) is 0 Å². The smallest absolute Gasteiger partial charge is 0.193 e. The summed E-state index contributed by atoms with van der Waals surface area (Å²) >= 11 is 2.24. The summed E-state index contributed by atoms with van der Waals surface area (Å²) in [7, 11) is 0. The Morgan fingerprint density at radius 2 is 2.00 bits per heavy atom. The van der Waals surface area contributed by atoms with E-state index in [-0.39, 0.29) is 24.0 Å². The lowest BCUT2D eigenvalue weighted by Crippen LogP contribution is -2.53. The van der Waals surface area contributed by atoms with Gasteiger partial charge < -0.3 is 15.1 Å². The van der Waals surface area contributed by atoms with Crippen molar-refractivity contribution in [3.05, 3.63) is 0 Å². The SMILES string of the molecule is CCNC(=NCC1CCN(CC)C1)N1CCSC2(CCCCC2)C1.I. The number of rotatable bonds is 4. The van der Waals surface area contributed by atoms with Crippen molar-refractivity contribution >= 4 is 41.7 Å². The second-order valence-electron chi connectivity index (χ2n) is 7.76. The summed E-state index contributed by atoms with van der Waals surface area (Å²) in [5.74, 6) is 3.19. The Bertz CT molecular complexity index is 420. The molecule has 0 aromatic carbocycles. The van der Waals surface area contributed by atoms with Crippen molar-refractivity contribution in [1.82, 2.24) is 15.1 Å². The zero-order valence-corrected chi connectivity index (χ0v) is 19.3. The molecule has 25 heavy (non-hydrogen) atoms. The third-order valence-corrected chi connectivity index (χ3v) is 7.50. The standard InChI is InChI=1S/C19H36N4S.HI/c1-3-20-18(21-14-17-8-11-22(4-2)15-17)23-12-13-24-19(16-23)9-6-5-7-10-19;/h17H,3-16H2,1-2H3,(H,20,21);1H. The van der Waals surface area contributed by atoms with E-state index in [9.17, 15) is 0 Å². The Hall–Kier alpha value is 0.310. The fourth-order valence-corrected chi connectivity index (χ4v) is 6.08. The van der Waals surface area contributed by atoms with Gasteiger partial charge in [0.25, 0.3) is 0 Å². The summed E-state index contributed by atoms with van der Waals surface area (Å²) in [4.78, 5) is 10.2. The number of nitrogens with one attached hydrogen (secondary N) is 1. The fourth-order valence-electron chi connectivity index (χ4n) is 4.51. The molecule has 1 aliphatic carbocycles. The molecule has 1 spiro atoms. The molecule has 0 radical (unpaired) electrons. The van der Waals surface area contributed by atoms with E-state index in [1.165, 1.54) is 76.4 Å². The lowest BCUT2D eigenvalue weighted by molar-refractivity contribution is 0.292. The second kappa shape index (κ2) is 10.6. The molecule has 1 atom stereocenters. The molecule has 2 heterocycles. The molecule has 4 nitrogen and oxygen atoms in total. The van der Waals surface area contributed by atoms with Crippen LogP contribution in [-0.4, -0.2) is 72.1 Å². The van der Waals surface area contributed by atoms with Crippen molar-refractivity contribution in [2.45, 2.75) is 57.1 Å². The molecular weight excluding hydrogens is 443 g/mol. The molecule has 3 rings (SSSR count). The first-order valence-corrected chi connectivity index (χ1v) is 11.1. The van der Waals surface area contributed by atoms with Crippen molar-refractivity contribution in [2.24, 2.45) is 10.9 Å². The molecular formula is C19H37IN4S. The monoisotopic (exact) mass is 480 g/mol. The van der Waals surface area contributed by atoms with E-state index < -0.39 is 0 Å². The predicted molar refractivity (Wildman–Crippen MR) is 121 cm³/mol. The van der Waals surface area contributed by atoms with Crippen LogP contribution >= 0.6 is 35.7 Å². The fraction of sp³-hybridized carbons (Fsp3) is 0.947. The summed E-state index contributed by atoms with van der Waals surface area (Å²) in [6, 6.07) is 0. The number of nitrogens with zero attached hydrogens (tertiary/aromatic N) is 3. The highest BCUT2D eigenvalue weighted by atomic mass is 127. The molecule has 146 valence electrons. The van der Waals surface area contributed by atoms with Crippen molar-refractivity contribution in [3.63, 3.8) is 0 Å². The molecule has 6 heteroatoms. The zero-order chi connectivity index (χ0) is 16.8. The first-order valence-electron chi connectivity index (χ1n) is 10.1. The zero-order valence-electron chi connectivity index (χ0n) is 16.1. The van der Waals surface area contributed by atoms with Gasteiger partial charge in [-0.25, -0.2) is 0 Å². The van der Waals surface area contributed by atoms with Gasteiger partial charge in [-0.2, -0.15) is 11.8 Å². The third kappa shape index (κ3) is 5.89. The van der Waals surface area contributed by atoms with Crippen LogP contribution in [0.15, 0.2) is 4.99 Å². The minimum Gasteiger partial charge on any atom is -0.357 e. The second-order valence-corrected chi connectivity index (χ2v) is 9.32. The summed E-state index contributed by atoms with van der Waals surface area (Å²) in [6.45, 7) is 12.5. The number of hydrogen-bond acceptors (Lipinski definition) is 3. The van der Waals surface area contributed by atoms with Gasteiger partial charge in [-0.05, 0) is 45.2 Å². The number of halogens is 1. The summed E-state index contributed by atoms with van der Waals surface area (Å²) < 4.78 is 0.513. The average molecular weight is 481 g/mol. The molecule has 0 amide bonds.